The molecule has 0 saturated carbocycles. The second-order valence-electron chi connectivity index (χ2n) is 5.59. The van der Waals surface area contributed by atoms with Crippen molar-refractivity contribution in [2.75, 3.05) is 0 Å². The summed E-state index contributed by atoms with van der Waals surface area (Å²) in [7, 11) is 1.68. The molecule has 0 aliphatic rings. The van der Waals surface area contributed by atoms with Gasteiger partial charge in [0.2, 0.25) is 0 Å². The third-order valence-corrected chi connectivity index (χ3v) is 4.21. The molecule has 3 aromatic rings. The van der Waals surface area contributed by atoms with Gasteiger partial charge in [-0.25, -0.2) is 0 Å². The Balaban J connectivity index is 0.00000243. The molecule has 0 amide bonds. The molecule has 0 unspecified atom stereocenters. The highest BCUT2D eigenvalue weighted by Gasteiger charge is 2.34. The molecule has 0 atom stereocenters. The van der Waals surface area contributed by atoms with Gasteiger partial charge in [-0.1, -0.05) is 18.2 Å². The van der Waals surface area contributed by atoms with E-state index in [1.54, 1.807) is 11.6 Å². The highest BCUT2D eigenvalue weighted by atomic mass is 35.5. The number of fused-ring (bicyclic) bond motifs is 1. The molecular weight excluding hydrogens is 371 g/mol. The first-order chi connectivity index (χ1) is 11.8. The molecule has 2 aromatic carbocycles. The minimum absolute atomic E-state index is 0. The number of non-ortho nitro benzene ring substituents is 1. The number of alkyl halides is 3. The maximum Gasteiger partial charge on any atom is 0.417 e. The Morgan fingerprint density at radius 2 is 1.85 bits per heavy atom. The number of aryl methyl sites for hydroxylation is 1. The molecule has 0 fully saturated rings. The van der Waals surface area contributed by atoms with Crippen LogP contribution in [0.4, 0.5) is 18.9 Å². The van der Waals surface area contributed by atoms with Crippen LogP contribution in [0.25, 0.3) is 22.0 Å². The number of rotatable bonds is 3. The third-order valence-electron chi connectivity index (χ3n) is 4.21. The molecule has 0 radical (unpaired) electrons. The van der Waals surface area contributed by atoms with Crippen LogP contribution in [-0.4, -0.2) is 9.49 Å². The molecular formula is C17H15ClF3N3O2. The van der Waals surface area contributed by atoms with Crippen LogP contribution in [0.5, 0.6) is 0 Å². The summed E-state index contributed by atoms with van der Waals surface area (Å²) in [6, 6.07) is 9.29. The number of nitrogens with two attached hydrogens (primary N) is 1. The van der Waals surface area contributed by atoms with Crippen LogP contribution in [0.3, 0.4) is 0 Å². The van der Waals surface area contributed by atoms with Gasteiger partial charge in [-0.05, 0) is 17.7 Å². The quantitative estimate of drug-likeness (QED) is 0.526. The van der Waals surface area contributed by atoms with Gasteiger partial charge in [0.05, 0.1) is 10.5 Å². The Bertz CT molecular complexity index is 983. The zero-order chi connectivity index (χ0) is 18.4. The summed E-state index contributed by atoms with van der Waals surface area (Å²) in [5.74, 6) is 0. The Morgan fingerprint density at radius 3 is 2.42 bits per heavy atom. The molecule has 0 bridgehead atoms. The van der Waals surface area contributed by atoms with E-state index in [9.17, 15) is 23.3 Å². The highest BCUT2D eigenvalue weighted by molar-refractivity contribution is 6.00. The lowest BCUT2D eigenvalue weighted by Crippen LogP contribution is -2.09. The summed E-state index contributed by atoms with van der Waals surface area (Å²) in [4.78, 5) is 10.5. The van der Waals surface area contributed by atoms with E-state index in [1.165, 1.54) is 36.4 Å². The lowest BCUT2D eigenvalue weighted by Gasteiger charge is -2.14. The first-order valence-corrected chi connectivity index (χ1v) is 7.38. The summed E-state index contributed by atoms with van der Waals surface area (Å²) in [5.41, 5.74) is 6.08. The normalized spacial score (nSPS) is 11.4. The minimum atomic E-state index is -4.55. The molecule has 2 N–H and O–H groups in total. The molecule has 138 valence electrons. The fraction of sp³-hybridized carbons (Fsp3) is 0.176. The van der Waals surface area contributed by atoms with Crippen molar-refractivity contribution in [3.63, 3.8) is 0 Å². The van der Waals surface area contributed by atoms with Crippen molar-refractivity contribution < 1.29 is 18.1 Å². The largest absolute Gasteiger partial charge is 0.417 e. The van der Waals surface area contributed by atoms with Crippen LogP contribution in [-0.2, 0) is 19.8 Å². The predicted octanol–water partition coefficient (Wildman–Crippen LogP) is 4.65. The zero-order valence-corrected chi connectivity index (χ0v) is 14.4. The summed E-state index contributed by atoms with van der Waals surface area (Å²) in [6.45, 7) is 0.000498. The zero-order valence-electron chi connectivity index (χ0n) is 13.6. The van der Waals surface area contributed by atoms with Gasteiger partial charge in [-0.15, -0.1) is 12.4 Å². The number of benzene rings is 2. The van der Waals surface area contributed by atoms with Crippen LogP contribution >= 0.6 is 12.4 Å². The molecule has 1 heterocycles. The first kappa shape index (κ1) is 19.7. The predicted molar refractivity (Wildman–Crippen MR) is 95.2 cm³/mol. The van der Waals surface area contributed by atoms with Crippen LogP contribution in [0, 0.1) is 10.1 Å². The van der Waals surface area contributed by atoms with Gasteiger partial charge in [0.15, 0.2) is 0 Å². The smallest absolute Gasteiger partial charge is 0.346 e. The fourth-order valence-corrected chi connectivity index (χ4v) is 3.09. The van der Waals surface area contributed by atoms with E-state index in [0.29, 0.717) is 16.6 Å². The monoisotopic (exact) mass is 385 g/mol. The molecule has 26 heavy (non-hydrogen) atoms. The number of hydrogen-bond donors (Lipinski definition) is 1. The Hall–Kier alpha value is -2.58. The van der Waals surface area contributed by atoms with Crippen molar-refractivity contribution in [1.82, 2.24) is 4.57 Å². The fourth-order valence-electron chi connectivity index (χ4n) is 3.09. The summed E-state index contributed by atoms with van der Waals surface area (Å²) < 4.78 is 42.0. The van der Waals surface area contributed by atoms with E-state index in [2.05, 4.69) is 0 Å². The summed E-state index contributed by atoms with van der Waals surface area (Å²) in [5, 5.41) is 11.4. The summed E-state index contributed by atoms with van der Waals surface area (Å²) in [6.07, 6.45) is -4.55. The van der Waals surface area contributed by atoms with Gasteiger partial charge in [0.1, 0.15) is 0 Å². The van der Waals surface area contributed by atoms with Crippen molar-refractivity contribution in [2.24, 2.45) is 12.8 Å². The SMILES string of the molecule is Cl.Cn1c(CN)c(-c2ccccc2C(F)(F)F)c2cc([N+](=O)[O-])ccc21. The molecule has 0 spiro atoms. The second-order valence-corrected chi connectivity index (χ2v) is 5.59. The van der Waals surface area contributed by atoms with Crippen molar-refractivity contribution in [3.8, 4) is 11.1 Å². The number of nitrogens with zero attached hydrogens (tertiary/aromatic N) is 2. The molecule has 0 saturated heterocycles. The average Bonchev–Trinajstić information content (AvgIpc) is 2.85. The lowest BCUT2D eigenvalue weighted by atomic mass is 9.96. The average molecular weight is 386 g/mol. The van der Waals surface area contributed by atoms with Crippen molar-refractivity contribution in [1.29, 1.82) is 0 Å². The van der Waals surface area contributed by atoms with Crippen molar-refractivity contribution in [2.45, 2.75) is 12.7 Å². The van der Waals surface area contributed by atoms with E-state index >= 15 is 0 Å². The number of aromatic nitrogens is 1. The second kappa shape index (κ2) is 6.97. The van der Waals surface area contributed by atoms with Gasteiger partial charge >= 0.3 is 6.18 Å². The Morgan fingerprint density at radius 1 is 1.19 bits per heavy atom. The summed E-state index contributed by atoms with van der Waals surface area (Å²) >= 11 is 0. The third kappa shape index (κ3) is 3.13. The lowest BCUT2D eigenvalue weighted by molar-refractivity contribution is -0.384. The molecule has 3 rings (SSSR count). The van der Waals surface area contributed by atoms with Crippen molar-refractivity contribution in [3.05, 3.63) is 63.8 Å². The van der Waals surface area contributed by atoms with E-state index in [0.717, 1.165) is 6.07 Å². The standard InChI is InChI=1S/C17H14F3N3O2.ClH/c1-22-14-7-6-10(23(24)25)8-12(14)16(15(22)9-21)11-4-2-3-5-13(11)17(18,19)20;/h2-8H,9,21H2,1H3;1H. The number of nitro benzene ring substituents is 1. The van der Waals surface area contributed by atoms with E-state index in [-0.39, 0.29) is 35.8 Å². The van der Waals surface area contributed by atoms with Gasteiger partial charge < -0.3 is 10.3 Å². The van der Waals surface area contributed by atoms with Crippen LogP contribution in [0.15, 0.2) is 42.5 Å². The minimum Gasteiger partial charge on any atom is -0.346 e. The number of hydrogen-bond acceptors (Lipinski definition) is 3. The van der Waals surface area contributed by atoms with Gasteiger partial charge in [0, 0.05) is 47.9 Å². The topological polar surface area (TPSA) is 74.1 Å². The molecule has 1 aromatic heterocycles. The van der Waals surface area contributed by atoms with Gasteiger partial charge in [-0.3, -0.25) is 10.1 Å². The van der Waals surface area contributed by atoms with Crippen LogP contribution in [0.2, 0.25) is 0 Å². The maximum absolute atomic E-state index is 13.4. The highest BCUT2D eigenvalue weighted by Crippen LogP contribution is 2.42. The van der Waals surface area contributed by atoms with Crippen LogP contribution < -0.4 is 5.73 Å². The molecule has 0 aliphatic carbocycles. The van der Waals surface area contributed by atoms with E-state index in [4.69, 9.17) is 5.73 Å². The Kier molecular flexibility index (Phi) is 5.29. The maximum atomic E-state index is 13.4. The van der Waals surface area contributed by atoms with E-state index in [1.807, 2.05) is 0 Å². The molecule has 5 nitrogen and oxygen atoms in total. The number of halogens is 4. The first-order valence-electron chi connectivity index (χ1n) is 7.38. The van der Waals surface area contributed by atoms with E-state index < -0.39 is 16.7 Å². The van der Waals surface area contributed by atoms with Crippen molar-refractivity contribution >= 4 is 29.0 Å². The van der Waals surface area contributed by atoms with Gasteiger partial charge in [-0.2, -0.15) is 13.2 Å². The molecule has 9 heteroatoms. The Labute approximate surface area is 152 Å². The van der Waals surface area contributed by atoms with Gasteiger partial charge in [0.25, 0.3) is 5.69 Å². The number of nitro groups is 1. The molecule has 0 aliphatic heterocycles. The van der Waals surface area contributed by atoms with Crippen LogP contribution in [0.1, 0.15) is 11.3 Å².